The van der Waals surface area contributed by atoms with Gasteiger partial charge in [0.1, 0.15) is 19.3 Å². The van der Waals surface area contributed by atoms with Gasteiger partial charge in [0.25, 0.3) is 0 Å². The fourth-order valence-corrected chi connectivity index (χ4v) is 1.48. The van der Waals surface area contributed by atoms with Crippen molar-refractivity contribution in [3.05, 3.63) is 53.1 Å². The van der Waals surface area contributed by atoms with Crippen LogP contribution in [-0.4, -0.2) is 7.85 Å². The molecule has 0 aliphatic heterocycles. The Hall–Kier alpha value is -1.41. The minimum Gasteiger partial charge on any atom is -0.457 e. The standard InChI is InChI=1S/C13H10BClO/c1-9-2-5-12(8-13(9)15)16-11-6-3-10(14)4-7-11/h2-8H,1H3. The van der Waals surface area contributed by atoms with E-state index in [2.05, 4.69) is 0 Å². The molecule has 0 atom stereocenters. The average Bonchev–Trinajstić information content (AvgIpc) is 2.27. The zero-order valence-electron chi connectivity index (χ0n) is 8.91. The Morgan fingerprint density at radius 1 is 1.00 bits per heavy atom. The van der Waals surface area contributed by atoms with Crippen molar-refractivity contribution >= 4 is 24.9 Å². The average molecular weight is 228 g/mol. The van der Waals surface area contributed by atoms with Gasteiger partial charge in [0.05, 0.1) is 0 Å². The normalized spacial score (nSPS) is 10.1. The first kappa shape index (κ1) is 11.1. The van der Waals surface area contributed by atoms with E-state index in [4.69, 9.17) is 24.2 Å². The molecule has 1 nitrogen and oxygen atoms in total. The predicted octanol–water partition coefficient (Wildman–Crippen LogP) is 3.23. The third-order valence-corrected chi connectivity index (χ3v) is 2.67. The van der Waals surface area contributed by atoms with E-state index < -0.39 is 0 Å². The molecule has 0 aliphatic rings. The lowest BCUT2D eigenvalue weighted by Crippen LogP contribution is -1.99. The SMILES string of the molecule is [B]c1ccc(Oc2ccc(C)c(Cl)c2)cc1. The van der Waals surface area contributed by atoms with Crippen molar-refractivity contribution in [1.29, 1.82) is 0 Å². The molecule has 0 aromatic heterocycles. The Bertz CT molecular complexity index is 494. The summed E-state index contributed by atoms with van der Waals surface area (Å²) in [7, 11) is 5.59. The molecule has 0 fully saturated rings. The van der Waals surface area contributed by atoms with Gasteiger partial charge in [-0.15, -0.1) is 0 Å². The molecule has 0 amide bonds. The Labute approximate surface area is 101 Å². The van der Waals surface area contributed by atoms with E-state index in [1.54, 1.807) is 18.2 Å². The van der Waals surface area contributed by atoms with Gasteiger partial charge < -0.3 is 4.74 Å². The van der Waals surface area contributed by atoms with Crippen LogP contribution in [0.1, 0.15) is 5.56 Å². The van der Waals surface area contributed by atoms with E-state index in [9.17, 15) is 0 Å². The highest BCUT2D eigenvalue weighted by molar-refractivity contribution is 6.32. The minimum absolute atomic E-state index is 0.702. The molecule has 2 aromatic rings. The quantitative estimate of drug-likeness (QED) is 0.717. The fourth-order valence-electron chi connectivity index (χ4n) is 1.31. The first-order valence-electron chi connectivity index (χ1n) is 4.95. The van der Waals surface area contributed by atoms with Crippen molar-refractivity contribution in [3.63, 3.8) is 0 Å². The number of hydrogen-bond donors (Lipinski definition) is 0. The van der Waals surface area contributed by atoms with Gasteiger partial charge in [0.2, 0.25) is 0 Å². The topological polar surface area (TPSA) is 9.23 Å². The van der Waals surface area contributed by atoms with Crippen molar-refractivity contribution in [1.82, 2.24) is 0 Å². The van der Waals surface area contributed by atoms with Crippen LogP contribution in [0.15, 0.2) is 42.5 Å². The van der Waals surface area contributed by atoms with Crippen molar-refractivity contribution < 1.29 is 4.74 Å². The molecule has 2 rings (SSSR count). The second-order valence-electron chi connectivity index (χ2n) is 3.58. The van der Waals surface area contributed by atoms with Crippen molar-refractivity contribution in [2.75, 3.05) is 0 Å². The summed E-state index contributed by atoms with van der Waals surface area (Å²) >= 11 is 6.01. The number of benzene rings is 2. The maximum absolute atomic E-state index is 6.01. The number of halogens is 1. The molecule has 0 saturated carbocycles. The van der Waals surface area contributed by atoms with E-state index in [0.717, 1.165) is 17.1 Å². The summed E-state index contributed by atoms with van der Waals surface area (Å²) in [4.78, 5) is 0. The molecule has 16 heavy (non-hydrogen) atoms. The van der Waals surface area contributed by atoms with Gasteiger partial charge in [-0.3, -0.25) is 0 Å². The molecule has 2 aromatic carbocycles. The molecular formula is C13H10BClO. The molecule has 0 aliphatic carbocycles. The molecule has 0 bridgehead atoms. The number of rotatable bonds is 2. The largest absolute Gasteiger partial charge is 0.457 e. The first-order valence-corrected chi connectivity index (χ1v) is 5.32. The van der Waals surface area contributed by atoms with Crippen LogP contribution < -0.4 is 10.2 Å². The summed E-state index contributed by atoms with van der Waals surface area (Å²) in [5.41, 5.74) is 1.75. The third-order valence-electron chi connectivity index (χ3n) is 2.26. The highest BCUT2D eigenvalue weighted by Crippen LogP contribution is 2.25. The number of ether oxygens (including phenoxy) is 1. The molecule has 0 N–H and O–H groups in total. The highest BCUT2D eigenvalue weighted by atomic mass is 35.5. The lowest BCUT2D eigenvalue weighted by Gasteiger charge is -2.07. The first-order chi connectivity index (χ1) is 7.65. The van der Waals surface area contributed by atoms with Gasteiger partial charge in [0.15, 0.2) is 0 Å². The van der Waals surface area contributed by atoms with Gasteiger partial charge in [0, 0.05) is 5.02 Å². The van der Waals surface area contributed by atoms with Crippen molar-refractivity contribution in [2.45, 2.75) is 6.92 Å². The second kappa shape index (κ2) is 4.62. The lowest BCUT2D eigenvalue weighted by molar-refractivity contribution is 0.483. The van der Waals surface area contributed by atoms with Crippen molar-refractivity contribution in [2.24, 2.45) is 0 Å². The summed E-state index contributed by atoms with van der Waals surface area (Å²) in [5.74, 6) is 1.47. The van der Waals surface area contributed by atoms with Gasteiger partial charge in [-0.25, -0.2) is 0 Å². The summed E-state index contributed by atoms with van der Waals surface area (Å²) in [6.07, 6.45) is 0. The van der Waals surface area contributed by atoms with Crippen LogP contribution in [0.4, 0.5) is 0 Å². The van der Waals surface area contributed by atoms with Crippen LogP contribution in [0.2, 0.25) is 5.02 Å². The Morgan fingerprint density at radius 3 is 2.25 bits per heavy atom. The zero-order valence-corrected chi connectivity index (χ0v) is 9.66. The van der Waals surface area contributed by atoms with Crippen LogP contribution in [-0.2, 0) is 0 Å². The van der Waals surface area contributed by atoms with E-state index in [1.807, 2.05) is 31.2 Å². The van der Waals surface area contributed by atoms with Crippen molar-refractivity contribution in [3.8, 4) is 11.5 Å². The molecule has 0 unspecified atom stereocenters. The number of aryl methyl sites for hydroxylation is 1. The van der Waals surface area contributed by atoms with Gasteiger partial charge >= 0.3 is 0 Å². The van der Waals surface area contributed by atoms with Crippen LogP contribution >= 0.6 is 11.6 Å². The lowest BCUT2D eigenvalue weighted by atomic mass is 9.97. The monoisotopic (exact) mass is 228 g/mol. The molecule has 78 valence electrons. The Morgan fingerprint density at radius 2 is 1.62 bits per heavy atom. The van der Waals surface area contributed by atoms with Crippen LogP contribution in [0.25, 0.3) is 0 Å². The zero-order chi connectivity index (χ0) is 11.5. The minimum atomic E-state index is 0.702. The maximum Gasteiger partial charge on any atom is 0.128 e. The van der Waals surface area contributed by atoms with E-state index in [0.29, 0.717) is 10.5 Å². The molecule has 0 saturated heterocycles. The highest BCUT2D eigenvalue weighted by Gasteiger charge is 2.00. The summed E-state index contributed by atoms with van der Waals surface area (Å²) in [5, 5.41) is 0.702. The van der Waals surface area contributed by atoms with Crippen LogP contribution in [0.5, 0.6) is 11.5 Å². The molecule has 3 heteroatoms. The predicted molar refractivity (Wildman–Crippen MR) is 68.1 cm³/mol. The summed E-state index contributed by atoms with van der Waals surface area (Å²) < 4.78 is 5.63. The molecule has 0 heterocycles. The number of hydrogen-bond acceptors (Lipinski definition) is 1. The smallest absolute Gasteiger partial charge is 0.128 e. The third kappa shape index (κ3) is 2.58. The Balaban J connectivity index is 2.20. The van der Waals surface area contributed by atoms with E-state index in [1.165, 1.54) is 0 Å². The van der Waals surface area contributed by atoms with Crippen LogP contribution in [0, 0.1) is 6.92 Å². The fraction of sp³-hybridized carbons (Fsp3) is 0.0769. The summed E-state index contributed by atoms with van der Waals surface area (Å²) in [6, 6.07) is 12.8. The molecule has 2 radical (unpaired) electrons. The van der Waals surface area contributed by atoms with E-state index in [-0.39, 0.29) is 0 Å². The second-order valence-corrected chi connectivity index (χ2v) is 3.99. The van der Waals surface area contributed by atoms with Gasteiger partial charge in [-0.05, 0) is 36.8 Å². The summed E-state index contributed by atoms with van der Waals surface area (Å²) in [6.45, 7) is 1.95. The van der Waals surface area contributed by atoms with Gasteiger partial charge in [-0.2, -0.15) is 0 Å². The van der Waals surface area contributed by atoms with Crippen LogP contribution in [0.3, 0.4) is 0 Å². The molecular weight excluding hydrogens is 218 g/mol. The van der Waals surface area contributed by atoms with Gasteiger partial charge in [-0.1, -0.05) is 35.3 Å². The Kier molecular flexibility index (Phi) is 3.21. The van der Waals surface area contributed by atoms with E-state index >= 15 is 0 Å². The maximum atomic E-state index is 6.01. The molecule has 0 spiro atoms.